The highest BCUT2D eigenvalue weighted by molar-refractivity contribution is 5.55. The summed E-state index contributed by atoms with van der Waals surface area (Å²) in [5.74, 6) is 2.58. The Hall–Kier alpha value is -1.70. The maximum absolute atomic E-state index is 4.62. The molecule has 1 saturated carbocycles. The van der Waals surface area contributed by atoms with E-state index in [1.807, 2.05) is 12.4 Å². The number of hydrogen-bond donors (Lipinski definition) is 0. The number of benzene rings is 1. The second-order valence-electron chi connectivity index (χ2n) is 9.06. The lowest BCUT2D eigenvalue weighted by atomic mass is 9.77. The molecule has 158 valence electrons. The Bertz CT molecular complexity index is 681. The molecular weight excluding hydrogens is 352 g/mol. The molecule has 0 unspecified atom stereocenters. The quantitative estimate of drug-likeness (QED) is 0.361. The first kappa shape index (κ1) is 22.0. The predicted molar refractivity (Wildman–Crippen MR) is 124 cm³/mol. The second-order valence-corrected chi connectivity index (χ2v) is 9.06. The molecule has 1 aliphatic rings. The minimum atomic E-state index is 0.748. The Labute approximate surface area is 178 Å². The molecule has 0 bridgehead atoms. The van der Waals surface area contributed by atoms with E-state index in [-0.39, 0.29) is 0 Å². The Morgan fingerprint density at radius 1 is 0.759 bits per heavy atom. The monoisotopic (exact) mass is 392 g/mol. The normalized spacial score (nSPS) is 19.4. The van der Waals surface area contributed by atoms with Gasteiger partial charge in [-0.3, -0.25) is 0 Å². The number of unbranched alkanes of at least 4 members (excludes halogenated alkanes) is 5. The molecule has 3 rings (SSSR count). The summed E-state index contributed by atoms with van der Waals surface area (Å²) in [5.41, 5.74) is 3.91. The Kier molecular flexibility index (Phi) is 9.18. The smallest absolute Gasteiger partial charge is 0.159 e. The van der Waals surface area contributed by atoms with Gasteiger partial charge in [0.2, 0.25) is 0 Å². The van der Waals surface area contributed by atoms with Crippen molar-refractivity contribution in [2.24, 2.45) is 5.92 Å². The van der Waals surface area contributed by atoms with Crippen molar-refractivity contribution in [3.05, 3.63) is 47.8 Å². The number of rotatable bonds is 11. The number of nitrogens with zero attached hydrogens (tertiary/aromatic N) is 2. The molecule has 1 heterocycles. The van der Waals surface area contributed by atoms with E-state index in [0.717, 1.165) is 29.6 Å². The van der Waals surface area contributed by atoms with E-state index in [4.69, 9.17) is 0 Å². The van der Waals surface area contributed by atoms with Gasteiger partial charge < -0.3 is 0 Å². The average Bonchev–Trinajstić information content (AvgIpc) is 2.78. The van der Waals surface area contributed by atoms with Gasteiger partial charge in [0.1, 0.15) is 0 Å². The maximum Gasteiger partial charge on any atom is 0.159 e. The molecule has 0 amide bonds. The summed E-state index contributed by atoms with van der Waals surface area (Å²) >= 11 is 0. The molecule has 0 spiro atoms. The summed E-state index contributed by atoms with van der Waals surface area (Å²) in [7, 11) is 0. The van der Waals surface area contributed by atoms with Crippen molar-refractivity contribution in [1.82, 2.24) is 9.97 Å². The highest BCUT2D eigenvalue weighted by atomic mass is 14.9. The Morgan fingerprint density at radius 2 is 1.41 bits per heavy atom. The first-order chi connectivity index (χ1) is 14.3. The summed E-state index contributed by atoms with van der Waals surface area (Å²) in [5, 5.41) is 0. The van der Waals surface area contributed by atoms with Crippen LogP contribution in [0.25, 0.3) is 11.4 Å². The van der Waals surface area contributed by atoms with Gasteiger partial charge in [0.25, 0.3) is 0 Å². The minimum Gasteiger partial charge on any atom is -0.236 e. The van der Waals surface area contributed by atoms with Crippen LogP contribution in [-0.4, -0.2) is 9.97 Å². The molecule has 1 aliphatic carbocycles. The van der Waals surface area contributed by atoms with Crippen LogP contribution in [0.2, 0.25) is 0 Å². The van der Waals surface area contributed by atoms with Gasteiger partial charge in [-0.1, -0.05) is 83.1 Å². The van der Waals surface area contributed by atoms with Gasteiger partial charge in [-0.25, -0.2) is 9.97 Å². The summed E-state index contributed by atoms with van der Waals surface area (Å²) in [6, 6.07) is 9.08. The molecule has 1 fully saturated rings. The molecule has 2 aromatic rings. The van der Waals surface area contributed by atoms with Crippen LogP contribution in [0.3, 0.4) is 0 Å². The molecule has 29 heavy (non-hydrogen) atoms. The van der Waals surface area contributed by atoms with Crippen molar-refractivity contribution < 1.29 is 0 Å². The fourth-order valence-electron chi connectivity index (χ4n) is 4.76. The van der Waals surface area contributed by atoms with Crippen molar-refractivity contribution >= 4 is 0 Å². The topological polar surface area (TPSA) is 25.8 Å². The molecule has 0 N–H and O–H groups in total. The van der Waals surface area contributed by atoms with Gasteiger partial charge in [-0.2, -0.15) is 0 Å². The van der Waals surface area contributed by atoms with Crippen LogP contribution in [0.4, 0.5) is 0 Å². The SMILES string of the molecule is CCCCCCc1cnc(-c2ccc(C3CCC(CCCCC)CC3)cc2)nc1. The molecule has 0 aliphatic heterocycles. The summed E-state index contributed by atoms with van der Waals surface area (Å²) < 4.78 is 0. The van der Waals surface area contributed by atoms with Gasteiger partial charge in [-0.15, -0.1) is 0 Å². The van der Waals surface area contributed by atoms with E-state index in [1.54, 1.807) is 0 Å². The highest BCUT2D eigenvalue weighted by Gasteiger charge is 2.22. The van der Waals surface area contributed by atoms with Crippen LogP contribution in [-0.2, 0) is 6.42 Å². The predicted octanol–water partition coefficient (Wildman–Crippen LogP) is 8.12. The third kappa shape index (κ3) is 6.94. The van der Waals surface area contributed by atoms with E-state index in [0.29, 0.717) is 0 Å². The molecule has 0 atom stereocenters. The summed E-state index contributed by atoms with van der Waals surface area (Å²) in [4.78, 5) is 9.25. The molecule has 1 aromatic heterocycles. The molecule has 2 nitrogen and oxygen atoms in total. The Morgan fingerprint density at radius 3 is 2.07 bits per heavy atom. The van der Waals surface area contributed by atoms with Crippen LogP contribution in [0.1, 0.15) is 108 Å². The minimum absolute atomic E-state index is 0.748. The van der Waals surface area contributed by atoms with Crippen LogP contribution >= 0.6 is 0 Å². The van der Waals surface area contributed by atoms with Crippen LogP contribution in [0.5, 0.6) is 0 Å². The number of aromatic nitrogens is 2. The zero-order valence-corrected chi connectivity index (χ0v) is 18.7. The number of hydrogen-bond acceptors (Lipinski definition) is 2. The Balaban J connectivity index is 1.49. The first-order valence-corrected chi connectivity index (χ1v) is 12.2. The molecule has 2 heteroatoms. The zero-order chi connectivity index (χ0) is 20.3. The standard InChI is InChI=1S/C27H40N2/c1-3-5-7-9-11-23-20-28-27(29-21-23)26-18-16-25(17-19-26)24-14-12-22(13-15-24)10-8-6-4-2/h16-22,24H,3-15H2,1-2H3. The lowest BCUT2D eigenvalue weighted by Crippen LogP contribution is -2.13. The zero-order valence-electron chi connectivity index (χ0n) is 18.7. The van der Waals surface area contributed by atoms with E-state index in [2.05, 4.69) is 48.1 Å². The fraction of sp³-hybridized carbons (Fsp3) is 0.630. The molecule has 0 radical (unpaired) electrons. The van der Waals surface area contributed by atoms with Gasteiger partial charge >= 0.3 is 0 Å². The molecular formula is C27H40N2. The summed E-state index contributed by atoms with van der Waals surface area (Å²) in [6.45, 7) is 4.55. The van der Waals surface area contributed by atoms with Crippen LogP contribution in [0, 0.1) is 5.92 Å². The third-order valence-electron chi connectivity index (χ3n) is 6.73. The largest absolute Gasteiger partial charge is 0.236 e. The van der Waals surface area contributed by atoms with E-state index in [9.17, 15) is 0 Å². The van der Waals surface area contributed by atoms with Gasteiger partial charge in [0.15, 0.2) is 5.82 Å². The highest BCUT2D eigenvalue weighted by Crippen LogP contribution is 2.38. The van der Waals surface area contributed by atoms with Crippen LogP contribution in [0.15, 0.2) is 36.7 Å². The number of aryl methyl sites for hydroxylation is 1. The lowest BCUT2D eigenvalue weighted by Gasteiger charge is -2.29. The van der Waals surface area contributed by atoms with Gasteiger partial charge in [0.05, 0.1) is 0 Å². The summed E-state index contributed by atoms with van der Waals surface area (Å²) in [6.07, 6.45) is 21.5. The maximum atomic E-state index is 4.62. The fourth-order valence-corrected chi connectivity index (χ4v) is 4.76. The van der Waals surface area contributed by atoms with E-state index >= 15 is 0 Å². The van der Waals surface area contributed by atoms with E-state index in [1.165, 1.54) is 88.2 Å². The van der Waals surface area contributed by atoms with E-state index < -0.39 is 0 Å². The lowest BCUT2D eigenvalue weighted by molar-refractivity contribution is 0.303. The van der Waals surface area contributed by atoms with Crippen molar-refractivity contribution in [3.8, 4) is 11.4 Å². The van der Waals surface area contributed by atoms with Crippen molar-refractivity contribution in [1.29, 1.82) is 0 Å². The van der Waals surface area contributed by atoms with Crippen LogP contribution < -0.4 is 0 Å². The average molecular weight is 393 g/mol. The third-order valence-corrected chi connectivity index (χ3v) is 6.73. The molecule has 0 saturated heterocycles. The molecule has 1 aromatic carbocycles. The van der Waals surface area contributed by atoms with Gasteiger partial charge in [0, 0.05) is 18.0 Å². The first-order valence-electron chi connectivity index (χ1n) is 12.2. The van der Waals surface area contributed by atoms with Crippen molar-refractivity contribution in [2.75, 3.05) is 0 Å². The van der Waals surface area contributed by atoms with Crippen molar-refractivity contribution in [2.45, 2.75) is 103 Å². The van der Waals surface area contributed by atoms with Crippen molar-refractivity contribution in [3.63, 3.8) is 0 Å². The van der Waals surface area contributed by atoms with Gasteiger partial charge in [-0.05, 0) is 61.5 Å². The second kappa shape index (κ2) is 12.1.